The zero-order chi connectivity index (χ0) is 33.9. The van der Waals surface area contributed by atoms with E-state index in [9.17, 15) is 4.79 Å². The third kappa shape index (κ3) is 5.16. The standard InChI is InChI=1S/C40H42ClN5O2/c1-8-44-17-16-29-11-9-13-33(37(29)44)45-21-26(5)46-38-32(15-14-23(2)34(38)35-27(6)42-22-43-28(35)7)31(39(46)40(45)47)12-10-18-48-30-19-24(3)36(41)25(4)20-30/h9,11,13-17,19-20,22,26H,8,10,12,18,21H2,1-7H3/t26-/m1/s1. The zero-order valence-electron chi connectivity index (χ0n) is 28.8. The molecule has 7 nitrogen and oxygen atoms in total. The first-order valence-corrected chi connectivity index (χ1v) is 17.2. The number of carbonyl (C=O) groups excluding carboxylic acids is 1. The summed E-state index contributed by atoms with van der Waals surface area (Å²) in [6.45, 7) is 16.5. The lowest BCUT2D eigenvalue weighted by Crippen LogP contribution is -2.43. The van der Waals surface area contributed by atoms with E-state index in [-0.39, 0.29) is 11.9 Å². The van der Waals surface area contributed by atoms with Gasteiger partial charge in [-0.25, -0.2) is 9.97 Å². The van der Waals surface area contributed by atoms with Gasteiger partial charge in [-0.05, 0) is 108 Å². The molecule has 6 aromatic rings. The largest absolute Gasteiger partial charge is 0.494 e. The summed E-state index contributed by atoms with van der Waals surface area (Å²) >= 11 is 6.41. The molecule has 48 heavy (non-hydrogen) atoms. The summed E-state index contributed by atoms with van der Waals surface area (Å²) in [6, 6.07) is 16.8. The number of rotatable bonds is 8. The molecule has 246 valence electrons. The monoisotopic (exact) mass is 659 g/mol. The van der Waals surface area contributed by atoms with Gasteiger partial charge < -0.3 is 18.8 Å². The lowest BCUT2D eigenvalue weighted by Gasteiger charge is -2.35. The Labute approximate surface area is 287 Å². The van der Waals surface area contributed by atoms with Crippen molar-refractivity contribution in [2.75, 3.05) is 18.1 Å². The Morgan fingerprint density at radius 1 is 0.917 bits per heavy atom. The van der Waals surface area contributed by atoms with Crippen LogP contribution < -0.4 is 9.64 Å². The van der Waals surface area contributed by atoms with Gasteiger partial charge in [0, 0.05) is 63.6 Å². The Kier molecular flexibility index (Phi) is 8.28. The molecule has 0 N–H and O–H groups in total. The van der Waals surface area contributed by atoms with Crippen molar-refractivity contribution in [2.24, 2.45) is 0 Å². The average Bonchev–Trinajstić information content (AvgIpc) is 3.64. The fraction of sp³-hybridized carbons (Fsp3) is 0.325. The first kappa shape index (κ1) is 32.0. The van der Waals surface area contributed by atoms with Crippen molar-refractivity contribution in [3.63, 3.8) is 0 Å². The van der Waals surface area contributed by atoms with Gasteiger partial charge >= 0.3 is 0 Å². The summed E-state index contributed by atoms with van der Waals surface area (Å²) in [5.41, 5.74) is 12.1. The number of anilines is 1. The van der Waals surface area contributed by atoms with Gasteiger partial charge in [0.1, 0.15) is 17.8 Å². The summed E-state index contributed by atoms with van der Waals surface area (Å²) in [6.07, 6.45) is 5.18. The number of benzene rings is 3. The number of fused-ring (bicyclic) bond motifs is 4. The van der Waals surface area contributed by atoms with Crippen molar-refractivity contribution < 1.29 is 9.53 Å². The normalized spacial score (nSPS) is 14.7. The van der Waals surface area contributed by atoms with Crippen molar-refractivity contribution in [3.8, 4) is 16.9 Å². The van der Waals surface area contributed by atoms with Crippen LogP contribution in [0, 0.1) is 34.6 Å². The molecule has 0 unspecified atom stereocenters. The molecular weight excluding hydrogens is 618 g/mol. The van der Waals surface area contributed by atoms with Crippen LogP contribution in [0.15, 0.2) is 61.1 Å². The molecule has 0 aliphatic carbocycles. The molecule has 3 aromatic carbocycles. The predicted molar refractivity (Wildman–Crippen MR) is 196 cm³/mol. The van der Waals surface area contributed by atoms with Gasteiger partial charge in [-0.15, -0.1) is 0 Å². The average molecular weight is 660 g/mol. The highest BCUT2D eigenvalue weighted by Gasteiger charge is 2.37. The second kappa shape index (κ2) is 12.4. The summed E-state index contributed by atoms with van der Waals surface area (Å²) < 4.78 is 10.8. The number of halogens is 1. The van der Waals surface area contributed by atoms with E-state index in [1.54, 1.807) is 6.33 Å². The first-order valence-electron chi connectivity index (χ1n) is 16.8. The van der Waals surface area contributed by atoms with Crippen LogP contribution in [0.2, 0.25) is 5.02 Å². The lowest BCUT2D eigenvalue weighted by atomic mass is 9.94. The van der Waals surface area contributed by atoms with E-state index in [2.05, 4.69) is 82.5 Å². The molecule has 0 radical (unpaired) electrons. The van der Waals surface area contributed by atoms with Crippen molar-refractivity contribution >= 4 is 45.0 Å². The molecule has 8 heteroatoms. The molecule has 1 aliphatic rings. The third-order valence-corrected chi connectivity index (χ3v) is 10.5. The van der Waals surface area contributed by atoms with Crippen molar-refractivity contribution in [1.29, 1.82) is 0 Å². The molecule has 0 saturated carbocycles. The second-order valence-corrected chi connectivity index (χ2v) is 13.6. The molecule has 1 atom stereocenters. The number of aryl methyl sites for hydroxylation is 7. The minimum atomic E-state index is 0.0244. The molecule has 3 aromatic heterocycles. The van der Waals surface area contributed by atoms with E-state index < -0.39 is 0 Å². The number of nitrogens with zero attached hydrogens (tertiary/aromatic N) is 5. The van der Waals surface area contributed by atoms with Gasteiger partial charge in [-0.1, -0.05) is 35.9 Å². The van der Waals surface area contributed by atoms with E-state index in [1.807, 2.05) is 44.7 Å². The van der Waals surface area contributed by atoms with E-state index >= 15 is 0 Å². The van der Waals surface area contributed by atoms with Gasteiger partial charge in [0.15, 0.2) is 0 Å². The van der Waals surface area contributed by atoms with Crippen LogP contribution in [0.1, 0.15) is 70.4 Å². The van der Waals surface area contributed by atoms with Crippen LogP contribution in [-0.4, -0.2) is 38.2 Å². The van der Waals surface area contributed by atoms with Gasteiger partial charge in [-0.2, -0.15) is 0 Å². The molecule has 0 saturated heterocycles. The topological polar surface area (TPSA) is 65.2 Å². The molecule has 7 rings (SSSR count). The predicted octanol–water partition coefficient (Wildman–Crippen LogP) is 9.50. The maximum absolute atomic E-state index is 15.0. The van der Waals surface area contributed by atoms with Crippen LogP contribution in [0.3, 0.4) is 0 Å². The van der Waals surface area contributed by atoms with Crippen LogP contribution >= 0.6 is 11.6 Å². The molecule has 0 bridgehead atoms. The van der Waals surface area contributed by atoms with Crippen LogP contribution in [0.4, 0.5) is 5.69 Å². The molecule has 0 spiro atoms. The molecule has 0 fully saturated rings. The van der Waals surface area contributed by atoms with Crippen molar-refractivity contribution in [2.45, 2.75) is 73.9 Å². The number of hydrogen-bond acceptors (Lipinski definition) is 4. The van der Waals surface area contributed by atoms with Crippen LogP contribution in [0.5, 0.6) is 5.75 Å². The Morgan fingerprint density at radius 3 is 2.35 bits per heavy atom. The highest BCUT2D eigenvalue weighted by Crippen LogP contribution is 2.44. The molecule has 4 heterocycles. The smallest absolute Gasteiger partial charge is 0.275 e. The fourth-order valence-corrected chi connectivity index (χ4v) is 7.79. The summed E-state index contributed by atoms with van der Waals surface area (Å²) in [7, 11) is 0. The van der Waals surface area contributed by atoms with E-state index in [4.69, 9.17) is 16.3 Å². The van der Waals surface area contributed by atoms with Crippen LogP contribution in [0.25, 0.3) is 32.9 Å². The Bertz CT molecular complexity index is 2190. The number of amides is 1. The number of aromatic nitrogens is 4. The molecule has 1 amide bonds. The Balaban J connectivity index is 1.38. The van der Waals surface area contributed by atoms with E-state index in [1.165, 1.54) is 0 Å². The number of ether oxygens (including phenoxy) is 1. The second-order valence-electron chi connectivity index (χ2n) is 13.2. The molecule has 1 aliphatic heterocycles. The molecular formula is C40H42ClN5O2. The minimum Gasteiger partial charge on any atom is -0.494 e. The zero-order valence-corrected chi connectivity index (χ0v) is 29.6. The van der Waals surface area contributed by atoms with E-state index in [0.717, 1.165) is 102 Å². The SMILES string of the molecule is CCn1ccc2cccc(N3C[C@@H](C)n4c(c(CCCOc5cc(C)c(Cl)c(C)c5)c5ccc(C)c(-c6c(C)ncnc6C)c54)C3=O)c21. The Hall–Kier alpha value is -4.62. The summed E-state index contributed by atoms with van der Waals surface area (Å²) in [4.78, 5) is 26.2. The van der Waals surface area contributed by atoms with Crippen molar-refractivity contribution in [3.05, 3.63) is 105 Å². The van der Waals surface area contributed by atoms with Gasteiger partial charge in [-0.3, -0.25) is 4.79 Å². The quantitative estimate of drug-likeness (QED) is 0.153. The first-order chi connectivity index (χ1) is 23.1. The van der Waals surface area contributed by atoms with Crippen LogP contribution in [-0.2, 0) is 13.0 Å². The fourth-order valence-electron chi connectivity index (χ4n) is 7.68. The number of carbonyl (C=O) groups is 1. The highest BCUT2D eigenvalue weighted by molar-refractivity contribution is 6.32. The summed E-state index contributed by atoms with van der Waals surface area (Å²) in [5.74, 6) is 0.843. The van der Waals surface area contributed by atoms with Gasteiger partial charge in [0.2, 0.25) is 0 Å². The lowest BCUT2D eigenvalue weighted by molar-refractivity contribution is 0.0957. The van der Waals surface area contributed by atoms with Crippen molar-refractivity contribution in [1.82, 2.24) is 19.1 Å². The van der Waals surface area contributed by atoms with Gasteiger partial charge in [0.25, 0.3) is 5.91 Å². The maximum Gasteiger partial charge on any atom is 0.275 e. The number of hydrogen-bond donors (Lipinski definition) is 0. The minimum absolute atomic E-state index is 0.0244. The maximum atomic E-state index is 15.0. The van der Waals surface area contributed by atoms with Gasteiger partial charge in [0.05, 0.1) is 23.3 Å². The van der Waals surface area contributed by atoms with E-state index in [0.29, 0.717) is 19.6 Å². The Morgan fingerprint density at radius 2 is 1.65 bits per heavy atom. The summed E-state index contributed by atoms with van der Waals surface area (Å²) in [5, 5.41) is 3.01. The number of para-hydroxylation sites is 1. The highest BCUT2D eigenvalue weighted by atomic mass is 35.5. The third-order valence-electron chi connectivity index (χ3n) is 9.94.